The minimum absolute atomic E-state index is 0.0908. The third-order valence-corrected chi connectivity index (χ3v) is 5.21. The highest BCUT2D eigenvalue weighted by Crippen LogP contribution is 2.39. The molecule has 0 spiro atoms. The number of amides is 1. The first-order valence-corrected chi connectivity index (χ1v) is 9.49. The topological polar surface area (TPSA) is 73.9 Å². The van der Waals surface area contributed by atoms with Crippen LogP contribution in [-0.2, 0) is 14.3 Å². The van der Waals surface area contributed by atoms with Gasteiger partial charge >= 0.3 is 5.97 Å². The quantitative estimate of drug-likeness (QED) is 0.586. The lowest BCUT2D eigenvalue weighted by Crippen LogP contribution is -2.33. The number of cyclic esters (lactones) is 1. The Bertz CT molecular complexity index is 727. The Morgan fingerprint density at radius 2 is 2.04 bits per heavy atom. The third-order valence-electron chi connectivity index (χ3n) is 5.21. The van der Waals surface area contributed by atoms with Crippen LogP contribution in [0.4, 0.5) is 0 Å². The van der Waals surface area contributed by atoms with E-state index in [1.54, 1.807) is 32.4 Å². The maximum absolute atomic E-state index is 12.7. The molecule has 6 heteroatoms. The number of rotatable bonds is 7. The lowest BCUT2D eigenvalue weighted by molar-refractivity contribution is -0.141. The van der Waals surface area contributed by atoms with E-state index in [1.165, 1.54) is 18.4 Å². The van der Waals surface area contributed by atoms with Gasteiger partial charge in [-0.05, 0) is 49.8 Å². The summed E-state index contributed by atoms with van der Waals surface area (Å²) >= 11 is 0. The summed E-state index contributed by atoms with van der Waals surface area (Å²) in [5.74, 6) is 0.103. The van der Waals surface area contributed by atoms with Crippen molar-refractivity contribution in [2.45, 2.75) is 44.6 Å². The number of methoxy groups -OCH3 is 2. The van der Waals surface area contributed by atoms with Gasteiger partial charge in [-0.1, -0.05) is 17.7 Å². The molecule has 6 nitrogen and oxygen atoms in total. The molecular formula is C21H27NO5. The summed E-state index contributed by atoms with van der Waals surface area (Å²) in [7, 11) is 3.11. The van der Waals surface area contributed by atoms with Gasteiger partial charge in [0.15, 0.2) is 11.5 Å². The van der Waals surface area contributed by atoms with Crippen LogP contribution >= 0.6 is 0 Å². The third kappa shape index (κ3) is 4.62. The number of hydrogen-bond acceptors (Lipinski definition) is 5. The van der Waals surface area contributed by atoms with E-state index in [-0.39, 0.29) is 18.3 Å². The SMILES string of the molecule is COc1ccc(C2OC(=O)CC2C(=O)NCCC2=CCCCC2)cc1OC. The van der Waals surface area contributed by atoms with Crippen LogP contribution in [0.5, 0.6) is 11.5 Å². The predicted molar refractivity (Wildman–Crippen MR) is 101 cm³/mol. The molecule has 1 fully saturated rings. The highest BCUT2D eigenvalue weighted by Gasteiger charge is 2.41. The van der Waals surface area contributed by atoms with Crippen molar-refractivity contribution in [1.82, 2.24) is 5.32 Å². The highest BCUT2D eigenvalue weighted by molar-refractivity contribution is 5.87. The minimum atomic E-state index is -0.605. The van der Waals surface area contributed by atoms with Gasteiger partial charge in [-0.15, -0.1) is 0 Å². The first kappa shape index (κ1) is 19.3. The number of benzene rings is 1. The van der Waals surface area contributed by atoms with Crippen molar-refractivity contribution >= 4 is 11.9 Å². The molecule has 0 saturated carbocycles. The average molecular weight is 373 g/mol. The van der Waals surface area contributed by atoms with Gasteiger partial charge in [0.2, 0.25) is 5.91 Å². The van der Waals surface area contributed by atoms with Gasteiger partial charge < -0.3 is 19.5 Å². The van der Waals surface area contributed by atoms with Gasteiger partial charge in [-0.25, -0.2) is 0 Å². The molecule has 1 aromatic carbocycles. The van der Waals surface area contributed by atoms with Gasteiger partial charge in [0.25, 0.3) is 0 Å². The Balaban J connectivity index is 1.65. The van der Waals surface area contributed by atoms with E-state index in [1.807, 2.05) is 0 Å². The van der Waals surface area contributed by atoms with Gasteiger partial charge in [-0.2, -0.15) is 0 Å². The summed E-state index contributed by atoms with van der Waals surface area (Å²) in [6.45, 7) is 0.591. The Kier molecular flexibility index (Phi) is 6.37. The van der Waals surface area contributed by atoms with E-state index < -0.39 is 12.0 Å². The first-order valence-electron chi connectivity index (χ1n) is 9.49. The second kappa shape index (κ2) is 8.93. The summed E-state index contributed by atoms with van der Waals surface area (Å²) in [5.41, 5.74) is 2.14. The Labute approximate surface area is 159 Å². The van der Waals surface area contributed by atoms with E-state index >= 15 is 0 Å². The number of hydrogen-bond donors (Lipinski definition) is 1. The molecule has 3 rings (SSSR count). The number of esters is 1. The fraction of sp³-hybridized carbons (Fsp3) is 0.524. The molecule has 1 saturated heterocycles. The van der Waals surface area contributed by atoms with Crippen molar-refractivity contribution in [3.05, 3.63) is 35.4 Å². The number of carbonyl (C=O) groups is 2. The highest BCUT2D eigenvalue weighted by atomic mass is 16.6. The van der Waals surface area contributed by atoms with Crippen LogP contribution in [0.3, 0.4) is 0 Å². The van der Waals surface area contributed by atoms with Crippen molar-refractivity contribution in [2.75, 3.05) is 20.8 Å². The van der Waals surface area contributed by atoms with Crippen LogP contribution in [0.25, 0.3) is 0 Å². The monoisotopic (exact) mass is 373 g/mol. The van der Waals surface area contributed by atoms with Crippen molar-refractivity contribution in [3.63, 3.8) is 0 Å². The van der Waals surface area contributed by atoms with Crippen LogP contribution in [0.15, 0.2) is 29.8 Å². The van der Waals surface area contributed by atoms with Gasteiger partial charge in [0, 0.05) is 6.54 Å². The molecule has 1 amide bonds. The van der Waals surface area contributed by atoms with Crippen molar-refractivity contribution in [1.29, 1.82) is 0 Å². The molecule has 1 heterocycles. The van der Waals surface area contributed by atoms with Crippen LogP contribution in [0.2, 0.25) is 0 Å². The normalized spacial score (nSPS) is 22.0. The standard InChI is InChI=1S/C21H27NO5/c1-25-17-9-8-15(12-18(17)26-2)20-16(13-19(23)27-20)21(24)22-11-10-14-6-4-3-5-7-14/h6,8-9,12,16,20H,3-5,7,10-11,13H2,1-2H3,(H,22,24). The smallest absolute Gasteiger partial charge is 0.307 e. The first-order chi connectivity index (χ1) is 13.1. The van der Waals surface area contributed by atoms with E-state index in [2.05, 4.69) is 11.4 Å². The molecule has 2 aliphatic rings. The molecule has 27 heavy (non-hydrogen) atoms. The number of nitrogens with one attached hydrogen (secondary N) is 1. The number of ether oxygens (including phenoxy) is 3. The fourth-order valence-electron chi connectivity index (χ4n) is 3.73. The molecule has 1 aliphatic carbocycles. The Hall–Kier alpha value is -2.50. The van der Waals surface area contributed by atoms with E-state index in [9.17, 15) is 9.59 Å². The van der Waals surface area contributed by atoms with Gasteiger partial charge in [-0.3, -0.25) is 9.59 Å². The Morgan fingerprint density at radius 1 is 1.22 bits per heavy atom. The maximum atomic E-state index is 12.7. The second-order valence-corrected chi connectivity index (χ2v) is 6.98. The van der Waals surface area contributed by atoms with E-state index in [4.69, 9.17) is 14.2 Å². The molecule has 0 radical (unpaired) electrons. The summed E-state index contributed by atoms with van der Waals surface area (Å²) < 4.78 is 16.0. The number of allylic oxidation sites excluding steroid dienone is 1. The molecule has 2 unspecified atom stereocenters. The molecule has 146 valence electrons. The zero-order valence-corrected chi connectivity index (χ0v) is 16.0. The van der Waals surface area contributed by atoms with Crippen molar-refractivity contribution in [2.24, 2.45) is 5.92 Å². The molecule has 0 bridgehead atoms. The van der Waals surface area contributed by atoms with E-state index in [0.29, 0.717) is 18.0 Å². The van der Waals surface area contributed by atoms with E-state index in [0.717, 1.165) is 24.8 Å². The summed E-state index contributed by atoms with van der Waals surface area (Å²) in [4.78, 5) is 24.5. The molecule has 1 N–H and O–H groups in total. The summed E-state index contributed by atoms with van der Waals surface area (Å²) in [6, 6.07) is 5.32. The van der Waals surface area contributed by atoms with Crippen molar-refractivity contribution < 1.29 is 23.8 Å². The molecule has 0 aromatic heterocycles. The molecule has 1 aliphatic heterocycles. The van der Waals surface area contributed by atoms with Gasteiger partial charge in [0.05, 0.1) is 26.6 Å². The maximum Gasteiger partial charge on any atom is 0.307 e. The second-order valence-electron chi connectivity index (χ2n) is 6.98. The molecule has 2 atom stereocenters. The lowest BCUT2D eigenvalue weighted by Gasteiger charge is -2.19. The number of carbonyl (C=O) groups excluding carboxylic acids is 2. The fourth-order valence-corrected chi connectivity index (χ4v) is 3.73. The Morgan fingerprint density at radius 3 is 2.74 bits per heavy atom. The molecule has 1 aromatic rings. The zero-order chi connectivity index (χ0) is 19.2. The van der Waals surface area contributed by atoms with Crippen molar-refractivity contribution in [3.8, 4) is 11.5 Å². The minimum Gasteiger partial charge on any atom is -0.493 e. The van der Waals surface area contributed by atoms with Crippen LogP contribution in [-0.4, -0.2) is 32.6 Å². The lowest BCUT2D eigenvalue weighted by atomic mass is 9.93. The molecular weight excluding hydrogens is 346 g/mol. The van der Waals surface area contributed by atoms with Gasteiger partial charge in [0.1, 0.15) is 6.10 Å². The summed E-state index contributed by atoms with van der Waals surface area (Å²) in [5, 5.41) is 2.98. The van der Waals surface area contributed by atoms with Crippen LogP contribution in [0, 0.1) is 5.92 Å². The van der Waals surface area contributed by atoms with Crippen LogP contribution in [0.1, 0.15) is 50.2 Å². The zero-order valence-electron chi connectivity index (χ0n) is 16.0. The average Bonchev–Trinajstić information content (AvgIpc) is 3.10. The summed E-state index contributed by atoms with van der Waals surface area (Å²) in [6.07, 6.45) is 7.37. The largest absolute Gasteiger partial charge is 0.493 e. The predicted octanol–water partition coefficient (Wildman–Crippen LogP) is 3.31. The van der Waals surface area contributed by atoms with Crippen LogP contribution < -0.4 is 14.8 Å².